The van der Waals surface area contributed by atoms with Crippen molar-refractivity contribution in [3.8, 4) is 28.7 Å². The summed E-state index contributed by atoms with van der Waals surface area (Å²) >= 11 is 0. The normalized spacial score (nSPS) is 15.0. The fourth-order valence-electron chi connectivity index (χ4n) is 3.57. The molecule has 0 amide bonds. The Labute approximate surface area is 165 Å². The second kappa shape index (κ2) is 7.21. The van der Waals surface area contributed by atoms with E-state index in [4.69, 9.17) is 9.15 Å². The maximum Gasteiger partial charge on any atom is 0.248 e. The van der Waals surface area contributed by atoms with E-state index in [2.05, 4.69) is 48.4 Å². The average molecular weight is 387 g/mol. The van der Waals surface area contributed by atoms with E-state index in [0.29, 0.717) is 11.8 Å². The molecule has 0 aliphatic carbocycles. The number of fused-ring (bicyclic) bond motifs is 1. The maximum atomic E-state index is 5.92. The molecule has 0 atom stereocenters. The van der Waals surface area contributed by atoms with E-state index in [9.17, 15) is 0 Å². The Bertz CT molecular complexity index is 937. The van der Waals surface area contributed by atoms with Crippen LogP contribution in [0.15, 0.2) is 46.9 Å². The number of aromatic nitrogens is 2. The van der Waals surface area contributed by atoms with Crippen LogP contribution < -0.4 is 22.0 Å². The molecule has 142 valence electrons. The topological polar surface area (TPSA) is 51.4 Å². The minimum atomic E-state index is 0. The Kier molecular flexibility index (Phi) is 5.13. The first kappa shape index (κ1) is 19.2. The number of rotatable bonds is 3. The van der Waals surface area contributed by atoms with Crippen LogP contribution in [0.5, 0.6) is 5.75 Å². The quantitative estimate of drug-likeness (QED) is 0.610. The van der Waals surface area contributed by atoms with E-state index in [1.807, 2.05) is 30.3 Å². The SMILES string of the molecule is COc1ccc(-c2nnc(-c3ccc4c(c3)C[N+](C)(C)CN4C)o2)cc1.[Cl-]. The standard InChI is InChI=1S/C20H23N4O2.ClH/c1-23-13-24(2,3)12-16-11-15(7-10-18(16)23)20-22-21-19(26-20)14-5-8-17(25-4)9-6-14;/h5-11H,12-13H2,1-4H3;1H/q+1;/p-1. The van der Waals surface area contributed by atoms with E-state index >= 15 is 0 Å². The molecular formula is C20H23ClN4O2. The second-order valence-electron chi connectivity index (χ2n) is 7.42. The van der Waals surface area contributed by atoms with Gasteiger partial charge in [0.1, 0.15) is 12.3 Å². The van der Waals surface area contributed by atoms with E-state index in [1.165, 1.54) is 11.3 Å². The van der Waals surface area contributed by atoms with Crippen molar-refractivity contribution < 1.29 is 26.0 Å². The van der Waals surface area contributed by atoms with Gasteiger partial charge in [0.05, 0.1) is 21.2 Å². The zero-order valence-corrected chi connectivity index (χ0v) is 16.7. The molecule has 27 heavy (non-hydrogen) atoms. The van der Waals surface area contributed by atoms with Crippen LogP contribution in [0.25, 0.3) is 22.9 Å². The highest BCUT2D eigenvalue weighted by Gasteiger charge is 2.28. The Hall–Kier alpha value is -2.57. The summed E-state index contributed by atoms with van der Waals surface area (Å²) in [5, 5.41) is 8.45. The van der Waals surface area contributed by atoms with E-state index in [0.717, 1.165) is 34.6 Å². The Morgan fingerprint density at radius 3 is 2.30 bits per heavy atom. The van der Waals surface area contributed by atoms with Crippen LogP contribution in [0.4, 0.5) is 5.69 Å². The summed E-state index contributed by atoms with van der Waals surface area (Å²) in [6.07, 6.45) is 0. The number of halogens is 1. The van der Waals surface area contributed by atoms with Crippen molar-refractivity contribution in [2.24, 2.45) is 0 Å². The molecule has 7 heteroatoms. The highest BCUT2D eigenvalue weighted by Crippen LogP contribution is 2.33. The Morgan fingerprint density at radius 1 is 1.00 bits per heavy atom. The fraction of sp³-hybridized carbons (Fsp3) is 0.300. The number of methoxy groups -OCH3 is 1. The van der Waals surface area contributed by atoms with Crippen LogP contribution in [-0.4, -0.2) is 49.6 Å². The van der Waals surface area contributed by atoms with Crippen LogP contribution in [0.3, 0.4) is 0 Å². The van der Waals surface area contributed by atoms with Crippen molar-refractivity contribution in [1.82, 2.24) is 10.2 Å². The lowest BCUT2D eigenvalue weighted by Crippen LogP contribution is -3.00. The van der Waals surface area contributed by atoms with Gasteiger partial charge >= 0.3 is 0 Å². The molecule has 2 aromatic carbocycles. The minimum absolute atomic E-state index is 0. The van der Waals surface area contributed by atoms with Crippen LogP contribution in [-0.2, 0) is 6.54 Å². The van der Waals surface area contributed by atoms with Gasteiger partial charge in [-0.05, 0) is 42.5 Å². The number of anilines is 1. The first-order chi connectivity index (χ1) is 12.4. The lowest BCUT2D eigenvalue weighted by atomic mass is 10.0. The number of ether oxygens (including phenoxy) is 1. The summed E-state index contributed by atoms with van der Waals surface area (Å²) in [6, 6.07) is 13.9. The molecule has 2 heterocycles. The summed E-state index contributed by atoms with van der Waals surface area (Å²) in [4.78, 5) is 2.29. The molecule has 0 fully saturated rings. The smallest absolute Gasteiger partial charge is 0.248 e. The van der Waals surface area contributed by atoms with Gasteiger partial charge in [-0.25, -0.2) is 0 Å². The highest BCUT2D eigenvalue weighted by molar-refractivity contribution is 5.65. The largest absolute Gasteiger partial charge is 1.00 e. The molecular weight excluding hydrogens is 364 g/mol. The molecule has 0 saturated carbocycles. The molecule has 0 N–H and O–H groups in total. The summed E-state index contributed by atoms with van der Waals surface area (Å²) < 4.78 is 12.0. The van der Waals surface area contributed by atoms with Crippen LogP contribution in [0.2, 0.25) is 0 Å². The second-order valence-corrected chi connectivity index (χ2v) is 7.42. The summed E-state index contributed by atoms with van der Waals surface area (Å²) in [6.45, 7) is 1.97. The summed E-state index contributed by atoms with van der Waals surface area (Å²) in [7, 11) is 8.25. The third-order valence-electron chi connectivity index (χ3n) is 4.69. The first-order valence-electron chi connectivity index (χ1n) is 8.59. The fourth-order valence-corrected chi connectivity index (χ4v) is 3.57. The Morgan fingerprint density at radius 2 is 1.63 bits per heavy atom. The van der Waals surface area contributed by atoms with Gasteiger partial charge in [0.2, 0.25) is 11.8 Å². The highest BCUT2D eigenvalue weighted by atomic mass is 35.5. The van der Waals surface area contributed by atoms with Crippen molar-refractivity contribution in [2.75, 3.05) is 39.8 Å². The first-order valence-corrected chi connectivity index (χ1v) is 8.59. The van der Waals surface area contributed by atoms with Crippen molar-refractivity contribution in [3.05, 3.63) is 48.0 Å². The lowest BCUT2D eigenvalue weighted by molar-refractivity contribution is -0.904. The molecule has 4 rings (SSSR count). The number of hydrogen-bond donors (Lipinski definition) is 0. The van der Waals surface area contributed by atoms with Gasteiger partial charge < -0.3 is 30.9 Å². The minimum Gasteiger partial charge on any atom is -1.00 e. The van der Waals surface area contributed by atoms with E-state index in [-0.39, 0.29) is 12.4 Å². The molecule has 1 aliphatic heterocycles. The average Bonchev–Trinajstić information content (AvgIpc) is 3.10. The van der Waals surface area contributed by atoms with Crippen molar-refractivity contribution >= 4 is 5.69 Å². The predicted octanol–water partition coefficient (Wildman–Crippen LogP) is 0.400. The molecule has 0 radical (unpaired) electrons. The van der Waals surface area contributed by atoms with Gasteiger partial charge in [-0.2, -0.15) is 0 Å². The number of quaternary nitrogens is 1. The molecule has 6 nitrogen and oxygen atoms in total. The zero-order chi connectivity index (χ0) is 18.3. The van der Waals surface area contributed by atoms with Crippen molar-refractivity contribution in [1.29, 1.82) is 0 Å². The molecule has 0 saturated heterocycles. The van der Waals surface area contributed by atoms with Crippen molar-refractivity contribution in [3.63, 3.8) is 0 Å². The maximum absolute atomic E-state index is 5.92. The number of nitrogens with zero attached hydrogens (tertiary/aromatic N) is 4. The number of benzene rings is 2. The predicted molar refractivity (Wildman–Crippen MR) is 101 cm³/mol. The molecule has 1 aromatic heterocycles. The summed E-state index contributed by atoms with van der Waals surface area (Å²) in [5.74, 6) is 1.85. The molecule has 3 aromatic rings. The number of hydrogen-bond acceptors (Lipinski definition) is 5. The van der Waals surface area contributed by atoms with Crippen LogP contribution in [0, 0.1) is 0 Å². The third-order valence-corrected chi connectivity index (χ3v) is 4.69. The van der Waals surface area contributed by atoms with E-state index in [1.54, 1.807) is 7.11 Å². The van der Waals surface area contributed by atoms with Crippen molar-refractivity contribution in [2.45, 2.75) is 6.54 Å². The van der Waals surface area contributed by atoms with Crippen LogP contribution >= 0.6 is 0 Å². The molecule has 1 aliphatic rings. The molecule has 0 spiro atoms. The van der Waals surface area contributed by atoms with Gasteiger partial charge in [0.15, 0.2) is 6.67 Å². The van der Waals surface area contributed by atoms with Gasteiger partial charge in [-0.1, -0.05) is 0 Å². The third kappa shape index (κ3) is 3.77. The summed E-state index contributed by atoms with van der Waals surface area (Å²) in [5.41, 5.74) is 4.39. The van der Waals surface area contributed by atoms with Gasteiger partial charge in [0, 0.05) is 29.4 Å². The monoisotopic (exact) mass is 386 g/mol. The van der Waals surface area contributed by atoms with Gasteiger partial charge in [-0.3, -0.25) is 0 Å². The molecule has 0 bridgehead atoms. The van der Waals surface area contributed by atoms with Gasteiger partial charge in [0.25, 0.3) is 0 Å². The zero-order valence-electron chi connectivity index (χ0n) is 15.9. The Balaban J connectivity index is 0.00000210. The van der Waals surface area contributed by atoms with E-state index < -0.39 is 0 Å². The van der Waals surface area contributed by atoms with Gasteiger partial charge in [-0.15, -0.1) is 10.2 Å². The lowest BCUT2D eigenvalue weighted by Gasteiger charge is -2.40. The molecule has 0 unspecified atom stereocenters. The van der Waals surface area contributed by atoms with Crippen LogP contribution in [0.1, 0.15) is 5.56 Å².